The van der Waals surface area contributed by atoms with Crippen LogP contribution in [0.1, 0.15) is 110 Å². The molecule has 6 nitrogen and oxygen atoms in total. The van der Waals surface area contributed by atoms with E-state index in [2.05, 4.69) is 39.8 Å². The van der Waals surface area contributed by atoms with Gasteiger partial charge in [-0.3, -0.25) is 4.79 Å². The van der Waals surface area contributed by atoms with Gasteiger partial charge in [0.05, 0.1) is 15.9 Å². The van der Waals surface area contributed by atoms with E-state index in [-0.39, 0.29) is 28.6 Å². The molecule has 212 valence electrons. The summed E-state index contributed by atoms with van der Waals surface area (Å²) in [5, 5.41) is 10.7. The molecular formula is C31H45O6S-. The fourth-order valence-electron chi connectivity index (χ4n) is 7.71. The number of carbonyl (C=O) groups is 1. The zero-order chi connectivity index (χ0) is 28.1. The number of unbranched alkanes of at least 4 members (excludes halogenated alkanes) is 2. The molecule has 0 spiro atoms. The average Bonchev–Trinajstić information content (AvgIpc) is 3.12. The van der Waals surface area contributed by atoms with E-state index in [0.29, 0.717) is 24.5 Å². The fraction of sp³-hybridized carbons (Fsp3) is 0.710. The lowest BCUT2D eigenvalue weighted by Crippen LogP contribution is -2.45. The summed E-state index contributed by atoms with van der Waals surface area (Å²) in [6.07, 6.45) is 11.1. The number of aryl methyl sites for hydroxylation is 1. The molecule has 4 aliphatic rings. The van der Waals surface area contributed by atoms with Crippen molar-refractivity contribution in [2.75, 3.05) is 5.75 Å². The van der Waals surface area contributed by atoms with Crippen molar-refractivity contribution in [2.24, 2.45) is 22.7 Å². The van der Waals surface area contributed by atoms with Crippen LogP contribution in [0, 0.1) is 22.7 Å². The molecule has 1 N–H and O–H groups in total. The quantitative estimate of drug-likeness (QED) is 0.243. The maximum Gasteiger partial charge on any atom is 0.140 e. The van der Waals surface area contributed by atoms with Gasteiger partial charge in [0.25, 0.3) is 0 Å². The summed E-state index contributed by atoms with van der Waals surface area (Å²) in [5.74, 6) is 1.76. The molecule has 3 aliphatic carbocycles. The second kappa shape index (κ2) is 10.3. The van der Waals surface area contributed by atoms with E-state index in [4.69, 9.17) is 4.74 Å². The Morgan fingerprint density at radius 3 is 2.42 bits per heavy atom. The Bertz CT molecular complexity index is 1210. The lowest BCUT2D eigenvalue weighted by molar-refractivity contribution is -0.128. The zero-order valence-corrected chi connectivity index (χ0v) is 24.7. The van der Waals surface area contributed by atoms with Gasteiger partial charge in [-0.05, 0) is 88.3 Å². The Labute approximate surface area is 229 Å². The normalized spacial score (nSPS) is 30.4. The van der Waals surface area contributed by atoms with Crippen LogP contribution in [0.4, 0.5) is 0 Å². The number of aromatic hydroxyl groups is 1. The van der Waals surface area contributed by atoms with Crippen molar-refractivity contribution in [2.45, 2.75) is 111 Å². The summed E-state index contributed by atoms with van der Waals surface area (Å²) in [6.45, 7) is 12.6. The minimum absolute atomic E-state index is 0.0248. The smallest absolute Gasteiger partial charge is 0.140 e. The first-order valence-corrected chi connectivity index (χ1v) is 15.9. The van der Waals surface area contributed by atoms with Gasteiger partial charge in [0, 0.05) is 29.2 Å². The number of ketones is 1. The van der Waals surface area contributed by atoms with Crippen LogP contribution in [0.3, 0.4) is 0 Å². The van der Waals surface area contributed by atoms with Crippen molar-refractivity contribution in [3.8, 4) is 11.5 Å². The van der Waals surface area contributed by atoms with Gasteiger partial charge in [0.1, 0.15) is 22.9 Å². The summed E-state index contributed by atoms with van der Waals surface area (Å²) in [6, 6.07) is 4.13. The van der Waals surface area contributed by atoms with Gasteiger partial charge in [-0.1, -0.05) is 45.3 Å². The number of benzene rings is 1. The number of rotatable bonds is 6. The summed E-state index contributed by atoms with van der Waals surface area (Å²) in [7, 11) is -4.33. The molecule has 1 heterocycles. The van der Waals surface area contributed by atoms with Crippen molar-refractivity contribution < 1.29 is 27.6 Å². The number of phenols is 1. The highest BCUT2D eigenvalue weighted by Gasteiger charge is 2.64. The van der Waals surface area contributed by atoms with Crippen LogP contribution in [0.5, 0.6) is 11.5 Å². The molecular weight excluding hydrogens is 500 g/mol. The van der Waals surface area contributed by atoms with Gasteiger partial charge in [-0.2, -0.15) is 0 Å². The number of Topliss-reactive ketones (excluding diaryl/α,β-unsaturated/α-hetero) is 1. The van der Waals surface area contributed by atoms with Gasteiger partial charge >= 0.3 is 0 Å². The molecule has 2 fully saturated rings. The van der Waals surface area contributed by atoms with Gasteiger partial charge < -0.3 is 14.4 Å². The molecule has 1 aromatic carbocycles. The van der Waals surface area contributed by atoms with E-state index in [1.54, 1.807) is 0 Å². The van der Waals surface area contributed by atoms with Crippen LogP contribution in [0.25, 0.3) is 0 Å². The van der Waals surface area contributed by atoms with Crippen LogP contribution < -0.4 is 4.74 Å². The molecule has 1 aliphatic heterocycles. The van der Waals surface area contributed by atoms with E-state index in [1.807, 2.05) is 19.9 Å². The third kappa shape index (κ3) is 5.30. The molecule has 0 radical (unpaired) electrons. The summed E-state index contributed by atoms with van der Waals surface area (Å²) >= 11 is 0. The fourth-order valence-corrected chi connectivity index (χ4v) is 8.99. The van der Waals surface area contributed by atoms with Crippen molar-refractivity contribution in [3.05, 3.63) is 34.9 Å². The van der Waals surface area contributed by atoms with Crippen molar-refractivity contribution in [1.29, 1.82) is 0 Å². The number of allylic oxidation sites excluding steroid dienone is 2. The first kappa shape index (κ1) is 29.1. The highest BCUT2D eigenvalue weighted by atomic mass is 32.2. The molecule has 7 heteroatoms. The molecule has 38 heavy (non-hydrogen) atoms. The van der Waals surface area contributed by atoms with Gasteiger partial charge in [0.15, 0.2) is 0 Å². The van der Waals surface area contributed by atoms with Crippen LogP contribution in [-0.4, -0.2) is 35.2 Å². The monoisotopic (exact) mass is 545 g/mol. The molecule has 1 aromatic rings. The lowest BCUT2D eigenvalue weighted by Gasteiger charge is -2.46. The second-order valence-electron chi connectivity index (χ2n) is 13.2. The molecule has 2 saturated carbocycles. The number of ether oxygens (including phenoxy) is 1. The SMILES string of the molecule is CC1(C)C2CC[C@@]1(CS(=O)(=O)[O-])C(=O)C2.CCCCCc1cc(O)c2c(c1)OC(C)(C)[C@@H]1CCC(C)=C[C@@H]21. The Balaban J connectivity index is 0.000000194. The Morgan fingerprint density at radius 2 is 1.84 bits per heavy atom. The Kier molecular flexibility index (Phi) is 7.88. The minimum atomic E-state index is -4.33. The zero-order valence-electron chi connectivity index (χ0n) is 23.9. The third-order valence-corrected chi connectivity index (χ3v) is 11.0. The van der Waals surface area contributed by atoms with Crippen molar-refractivity contribution in [3.63, 3.8) is 0 Å². The highest BCUT2D eigenvalue weighted by molar-refractivity contribution is 7.85. The number of phenolic OH excluding ortho intramolecular Hbond substituents is 1. The topological polar surface area (TPSA) is 104 Å². The minimum Gasteiger partial charge on any atom is -0.748 e. The van der Waals surface area contributed by atoms with E-state index in [0.717, 1.165) is 37.0 Å². The molecule has 4 atom stereocenters. The lowest BCUT2D eigenvalue weighted by atomic mass is 9.68. The molecule has 2 bridgehead atoms. The molecule has 0 amide bonds. The van der Waals surface area contributed by atoms with Crippen molar-refractivity contribution >= 4 is 15.9 Å². The van der Waals surface area contributed by atoms with Crippen LogP contribution in [0.15, 0.2) is 23.8 Å². The average molecular weight is 546 g/mol. The van der Waals surface area contributed by atoms with E-state index in [1.165, 1.54) is 30.4 Å². The predicted octanol–water partition coefficient (Wildman–Crippen LogP) is 6.66. The van der Waals surface area contributed by atoms with Gasteiger partial charge in [-0.25, -0.2) is 8.42 Å². The maximum atomic E-state index is 11.8. The predicted molar refractivity (Wildman–Crippen MR) is 148 cm³/mol. The van der Waals surface area contributed by atoms with Crippen molar-refractivity contribution in [1.82, 2.24) is 0 Å². The number of hydrogen-bond acceptors (Lipinski definition) is 6. The number of fused-ring (bicyclic) bond motifs is 5. The summed E-state index contributed by atoms with van der Waals surface area (Å²) in [4.78, 5) is 11.8. The standard InChI is InChI=1S/C21H30O2.C10H16O4S/c1-5-6-7-8-15-12-18(22)20-16-11-14(2)9-10-17(16)21(3,4)23-19(20)13-15;1-9(2)7-3-4-10(9,8(11)5-7)6-15(12,13)14/h11-13,16-17,22H,5-10H2,1-4H3;7H,3-6H2,1-2H3,(H,12,13,14)/p-1/t16-,17-;7?,10-/m11/s1. The summed E-state index contributed by atoms with van der Waals surface area (Å²) < 4.78 is 39.0. The largest absolute Gasteiger partial charge is 0.748 e. The number of hydrogen-bond donors (Lipinski definition) is 1. The number of carbonyl (C=O) groups excluding carboxylic acids is 1. The van der Waals surface area contributed by atoms with E-state index in [9.17, 15) is 22.9 Å². The maximum absolute atomic E-state index is 11.8. The Hall–Kier alpha value is -1.86. The first-order chi connectivity index (χ1) is 17.6. The van der Waals surface area contributed by atoms with Crippen LogP contribution in [-0.2, 0) is 21.3 Å². The molecule has 1 unspecified atom stereocenters. The van der Waals surface area contributed by atoms with Gasteiger partial charge in [0.2, 0.25) is 0 Å². The molecule has 0 aromatic heterocycles. The molecule has 0 saturated heterocycles. The van der Waals surface area contributed by atoms with Crippen LogP contribution >= 0.6 is 0 Å². The third-order valence-electron chi connectivity index (χ3n) is 10.2. The van der Waals surface area contributed by atoms with E-state index >= 15 is 0 Å². The van der Waals surface area contributed by atoms with Gasteiger partial charge in [-0.15, -0.1) is 0 Å². The first-order valence-electron chi connectivity index (χ1n) is 14.3. The Morgan fingerprint density at radius 1 is 1.13 bits per heavy atom. The van der Waals surface area contributed by atoms with E-state index < -0.39 is 21.3 Å². The summed E-state index contributed by atoms with van der Waals surface area (Å²) in [5.41, 5.74) is 2.23. The van der Waals surface area contributed by atoms with Crippen LogP contribution in [0.2, 0.25) is 0 Å². The molecule has 5 rings (SSSR count). The second-order valence-corrected chi connectivity index (χ2v) is 14.6. The highest BCUT2D eigenvalue weighted by Crippen LogP contribution is 2.64.